The third-order valence-electron chi connectivity index (χ3n) is 2.37. The van der Waals surface area contributed by atoms with Crippen LogP contribution < -0.4 is 5.73 Å². The molecule has 70 valence electrons. The lowest BCUT2D eigenvalue weighted by molar-refractivity contribution is -0.135. The van der Waals surface area contributed by atoms with Crippen molar-refractivity contribution in [3.05, 3.63) is 5.82 Å². The molecule has 13 heavy (non-hydrogen) atoms. The summed E-state index contributed by atoms with van der Waals surface area (Å²) in [6.45, 7) is -2.49. The van der Waals surface area contributed by atoms with Gasteiger partial charge in [0.2, 0.25) is 0 Å². The van der Waals surface area contributed by atoms with Crippen LogP contribution in [0, 0.1) is 5.82 Å². The van der Waals surface area contributed by atoms with E-state index < -0.39 is 24.6 Å². The number of amides is 1. The zero-order valence-electron chi connectivity index (χ0n) is 6.73. The molecule has 2 aliphatic heterocycles. The van der Waals surface area contributed by atoms with Gasteiger partial charge in [0.05, 0.1) is 6.42 Å². The summed E-state index contributed by atoms with van der Waals surface area (Å²) in [4.78, 5) is 21.9. The number of rotatable bonds is 1. The lowest BCUT2D eigenvalue weighted by Gasteiger charge is -2.21. The van der Waals surface area contributed by atoms with Gasteiger partial charge in [0, 0.05) is 0 Å². The van der Waals surface area contributed by atoms with E-state index >= 15 is 0 Å². The second-order valence-corrected chi connectivity index (χ2v) is 3.23. The van der Waals surface area contributed by atoms with Gasteiger partial charge in [0.15, 0.2) is 12.1 Å². The lowest BCUT2D eigenvalue weighted by Crippen LogP contribution is -2.52. The molecular weight excluding hydrogens is 177 g/mol. The Morgan fingerprint density at radius 3 is 3.00 bits per heavy atom. The van der Waals surface area contributed by atoms with E-state index in [2.05, 4.69) is 0 Å². The Labute approximate surface area is 74.0 Å². The van der Waals surface area contributed by atoms with Crippen LogP contribution >= 0.6 is 0 Å². The van der Waals surface area contributed by atoms with E-state index in [-0.39, 0.29) is 12.8 Å². The first kappa shape index (κ1) is 8.40. The molecule has 2 saturated heterocycles. The Bertz CT molecular complexity index is 282. The number of carbonyl (C=O) groups is 2. The van der Waals surface area contributed by atoms with Crippen LogP contribution in [0.25, 0.3) is 0 Å². The van der Waals surface area contributed by atoms with Gasteiger partial charge in [-0.2, -0.15) is 0 Å². The van der Waals surface area contributed by atoms with Crippen LogP contribution in [0.15, 0.2) is 0 Å². The molecule has 0 aromatic heterocycles. The van der Waals surface area contributed by atoms with Crippen molar-refractivity contribution in [1.82, 2.24) is 0 Å². The maximum Gasteiger partial charge on any atom is 0.589 e. The smallest absolute Gasteiger partial charge is 0.589 e. The van der Waals surface area contributed by atoms with Gasteiger partial charge < -0.3 is 24.9 Å². The van der Waals surface area contributed by atoms with Crippen molar-refractivity contribution in [2.45, 2.75) is 19.1 Å². The van der Waals surface area contributed by atoms with Gasteiger partial charge in [-0.1, -0.05) is 0 Å². The van der Waals surface area contributed by atoms with Gasteiger partial charge in [-0.25, -0.2) is 0 Å². The average molecular weight is 185 g/mol. The molecule has 2 rings (SSSR count). The topological polar surface area (TPSA) is 98.9 Å². The van der Waals surface area contributed by atoms with Crippen molar-refractivity contribution in [3.8, 4) is 0 Å². The first-order valence-electron chi connectivity index (χ1n) is 3.91. The summed E-state index contributed by atoms with van der Waals surface area (Å²) >= 11 is 0. The molecule has 2 atom stereocenters. The second kappa shape index (κ2) is 2.40. The van der Waals surface area contributed by atoms with E-state index in [1.165, 1.54) is 0 Å². The molecule has 0 aliphatic carbocycles. The van der Waals surface area contributed by atoms with Crippen LogP contribution in [0.2, 0.25) is 0 Å². The summed E-state index contributed by atoms with van der Waals surface area (Å²) in [6.07, 6.45) is -0.926. The summed E-state index contributed by atoms with van der Waals surface area (Å²) in [6, 6.07) is 0. The van der Waals surface area contributed by atoms with Crippen LogP contribution in [0.1, 0.15) is 12.8 Å². The largest absolute Gasteiger partial charge is 0.617 e. The Hall–Kier alpha value is -1.21. The minimum atomic E-state index is -2.49. The first-order chi connectivity index (χ1) is 6.04. The van der Waals surface area contributed by atoms with Crippen molar-refractivity contribution in [2.24, 2.45) is 5.73 Å². The number of carbonyl (C=O) groups excluding carboxylic acids is 2. The number of nitrogens with two attached hydrogens (primary N) is 1. The Kier molecular flexibility index (Phi) is 1.55. The summed E-state index contributed by atoms with van der Waals surface area (Å²) in [5, 5.41) is 9.11. The van der Waals surface area contributed by atoms with Gasteiger partial charge in [-0.05, 0) is 5.82 Å². The molecular formula is C6H8BNO5. The van der Waals surface area contributed by atoms with Gasteiger partial charge in [0.1, 0.15) is 6.42 Å². The monoisotopic (exact) mass is 185 g/mol. The van der Waals surface area contributed by atoms with Crippen LogP contribution in [0.4, 0.5) is 4.79 Å². The van der Waals surface area contributed by atoms with Gasteiger partial charge in [-0.3, -0.25) is 4.79 Å². The maximum absolute atomic E-state index is 11.0. The molecule has 0 aromatic carbocycles. The van der Waals surface area contributed by atoms with Crippen molar-refractivity contribution in [1.29, 1.82) is 0 Å². The van der Waals surface area contributed by atoms with E-state index in [4.69, 9.17) is 20.1 Å². The van der Waals surface area contributed by atoms with Crippen LogP contribution in [0.3, 0.4) is 0 Å². The molecule has 2 unspecified atom stereocenters. The van der Waals surface area contributed by atoms with E-state index in [0.29, 0.717) is 5.82 Å². The fourth-order valence-electron chi connectivity index (χ4n) is 1.80. The Morgan fingerprint density at radius 1 is 1.77 bits per heavy atom. The molecule has 2 aliphatic rings. The quantitative estimate of drug-likeness (QED) is 0.398. The Balaban J connectivity index is 2.31. The highest BCUT2D eigenvalue weighted by atomic mass is 16.7. The number of aliphatic hydroxyl groups is 1. The molecule has 1 amide bonds. The van der Waals surface area contributed by atoms with Crippen molar-refractivity contribution >= 4 is 18.3 Å². The summed E-state index contributed by atoms with van der Waals surface area (Å²) in [5.74, 6) is -0.900. The van der Waals surface area contributed by atoms with Crippen LogP contribution in [-0.4, -0.2) is 29.7 Å². The average Bonchev–Trinajstić information content (AvgIpc) is 2.40. The van der Waals surface area contributed by atoms with Gasteiger partial charge >= 0.3 is 12.5 Å². The first-order valence-corrected chi connectivity index (χ1v) is 3.91. The van der Waals surface area contributed by atoms with Gasteiger partial charge in [-0.15, -0.1) is 0 Å². The number of aliphatic hydroxyl groups excluding tert-OH is 1. The molecule has 0 aromatic rings. The lowest BCUT2D eigenvalue weighted by atomic mass is 9.48. The van der Waals surface area contributed by atoms with E-state index in [9.17, 15) is 9.59 Å². The molecule has 2 fully saturated rings. The van der Waals surface area contributed by atoms with Crippen molar-refractivity contribution < 1.29 is 24.0 Å². The SMILES string of the molecule is NC(=O)[B-]12OC(=O)C[C+]1CC(O)O2. The normalized spacial score (nSPS) is 37.5. The van der Waals surface area contributed by atoms with E-state index in [0.717, 1.165) is 0 Å². The zero-order chi connectivity index (χ0) is 9.64. The van der Waals surface area contributed by atoms with Crippen molar-refractivity contribution in [2.75, 3.05) is 0 Å². The summed E-state index contributed by atoms with van der Waals surface area (Å²) < 4.78 is 9.60. The zero-order valence-corrected chi connectivity index (χ0v) is 6.73. The van der Waals surface area contributed by atoms with E-state index in [1.54, 1.807) is 0 Å². The minimum Gasteiger partial charge on any atom is -0.617 e. The number of fused-ring (bicyclic) bond motifs is 1. The van der Waals surface area contributed by atoms with Crippen LogP contribution in [0.5, 0.6) is 0 Å². The highest BCUT2D eigenvalue weighted by molar-refractivity contribution is 7.02. The standard InChI is InChI=1S/C6H8BNO5/c8-6(11)7-3(1-4(9)12-7)2-5(10)13-7/h4,9H,1-2H2,(H2,8,11). The molecule has 0 spiro atoms. The number of hydrogen-bond donors (Lipinski definition) is 2. The molecule has 2 heterocycles. The molecule has 0 radical (unpaired) electrons. The fourth-order valence-corrected chi connectivity index (χ4v) is 1.80. The number of hydrogen-bond acceptors (Lipinski definition) is 5. The van der Waals surface area contributed by atoms with Crippen LogP contribution in [-0.2, 0) is 14.1 Å². The third kappa shape index (κ3) is 1.01. The second-order valence-electron chi connectivity index (χ2n) is 3.23. The maximum atomic E-state index is 11.0. The minimum absolute atomic E-state index is 0.0139. The van der Waals surface area contributed by atoms with E-state index in [1.807, 2.05) is 0 Å². The highest BCUT2D eigenvalue weighted by Gasteiger charge is 2.67. The molecule has 3 N–H and O–H groups in total. The summed E-state index contributed by atoms with van der Waals surface area (Å²) in [7, 11) is 0. The third-order valence-corrected chi connectivity index (χ3v) is 2.37. The molecule has 6 nitrogen and oxygen atoms in total. The fraction of sp³-hybridized carbons (Fsp3) is 0.500. The summed E-state index contributed by atoms with van der Waals surface area (Å²) in [5.41, 5.74) is 5.05. The molecule has 7 heteroatoms. The Morgan fingerprint density at radius 2 is 2.46 bits per heavy atom. The molecule has 0 bridgehead atoms. The predicted molar refractivity (Wildman–Crippen MR) is 41.0 cm³/mol. The number of primary amides is 1. The molecule has 0 saturated carbocycles. The van der Waals surface area contributed by atoms with Crippen molar-refractivity contribution in [3.63, 3.8) is 0 Å². The highest BCUT2D eigenvalue weighted by Crippen LogP contribution is 2.41. The van der Waals surface area contributed by atoms with Gasteiger partial charge in [0.25, 0.3) is 0 Å². The predicted octanol–water partition coefficient (Wildman–Crippen LogP) is -1.11.